The van der Waals surface area contributed by atoms with Crippen molar-refractivity contribution >= 4 is 17.6 Å². The standard InChI is InChI=1S/C30H29ClF2N2O2/c1-3-37-29(36)25-12-21(13-27(32)14-25)15-30(2,33)16-22-18-35(19-22)28(23-7-9-26(31)10-8-23)24-6-4-5-20(11-24)17-34/h4-14,22,28H,3,15-16,18-19H2,1-2H3. The summed E-state index contributed by atoms with van der Waals surface area (Å²) < 4.78 is 34.7. The van der Waals surface area contributed by atoms with Gasteiger partial charge in [0.05, 0.1) is 29.8 Å². The van der Waals surface area contributed by atoms with Gasteiger partial charge in [0.2, 0.25) is 0 Å². The van der Waals surface area contributed by atoms with Crippen molar-refractivity contribution in [2.45, 2.75) is 38.4 Å². The van der Waals surface area contributed by atoms with Crippen molar-refractivity contribution in [1.29, 1.82) is 5.26 Å². The number of nitriles is 1. The van der Waals surface area contributed by atoms with Crippen LogP contribution in [0.1, 0.15) is 58.9 Å². The van der Waals surface area contributed by atoms with E-state index >= 15 is 4.39 Å². The van der Waals surface area contributed by atoms with Crippen molar-refractivity contribution in [2.75, 3.05) is 19.7 Å². The van der Waals surface area contributed by atoms with Crippen LogP contribution in [0.25, 0.3) is 0 Å². The van der Waals surface area contributed by atoms with Gasteiger partial charge in [0.25, 0.3) is 0 Å². The molecule has 0 N–H and O–H groups in total. The Labute approximate surface area is 221 Å². The molecule has 4 rings (SSSR count). The molecule has 3 aromatic carbocycles. The van der Waals surface area contributed by atoms with Crippen LogP contribution < -0.4 is 0 Å². The van der Waals surface area contributed by atoms with E-state index in [9.17, 15) is 14.4 Å². The van der Waals surface area contributed by atoms with E-state index < -0.39 is 17.5 Å². The fourth-order valence-electron chi connectivity index (χ4n) is 5.17. The van der Waals surface area contributed by atoms with Gasteiger partial charge in [-0.3, -0.25) is 4.90 Å². The maximum Gasteiger partial charge on any atom is 0.338 e. The van der Waals surface area contributed by atoms with Gasteiger partial charge in [-0.2, -0.15) is 5.26 Å². The van der Waals surface area contributed by atoms with E-state index in [2.05, 4.69) is 11.0 Å². The van der Waals surface area contributed by atoms with Crippen LogP contribution in [0.4, 0.5) is 8.78 Å². The maximum absolute atomic E-state index is 15.7. The second-order valence-corrected chi connectivity index (χ2v) is 10.3. The van der Waals surface area contributed by atoms with Gasteiger partial charge in [0.1, 0.15) is 11.5 Å². The van der Waals surface area contributed by atoms with E-state index in [0.717, 1.165) is 17.2 Å². The second kappa shape index (κ2) is 11.4. The molecule has 0 amide bonds. The van der Waals surface area contributed by atoms with Crippen LogP contribution in [0.5, 0.6) is 0 Å². The molecule has 0 saturated carbocycles. The Morgan fingerprint density at radius 3 is 2.57 bits per heavy atom. The lowest BCUT2D eigenvalue weighted by Crippen LogP contribution is -2.50. The number of hydrogen-bond acceptors (Lipinski definition) is 4. The van der Waals surface area contributed by atoms with E-state index in [1.165, 1.54) is 19.1 Å². The first-order valence-electron chi connectivity index (χ1n) is 12.3. The highest BCUT2D eigenvalue weighted by Gasteiger charge is 2.38. The molecule has 192 valence electrons. The molecule has 1 aliphatic rings. The van der Waals surface area contributed by atoms with Crippen LogP contribution in [0.15, 0.2) is 66.7 Å². The summed E-state index contributed by atoms with van der Waals surface area (Å²) in [5.41, 5.74) is 1.57. The number of hydrogen-bond donors (Lipinski definition) is 0. The molecule has 0 aliphatic carbocycles. The minimum absolute atomic E-state index is 0.00150. The predicted molar refractivity (Wildman–Crippen MR) is 140 cm³/mol. The predicted octanol–water partition coefficient (Wildman–Crippen LogP) is 6.91. The molecule has 1 heterocycles. The lowest BCUT2D eigenvalue weighted by Gasteiger charge is -2.46. The number of rotatable bonds is 9. The van der Waals surface area contributed by atoms with Crippen molar-refractivity contribution in [1.82, 2.24) is 4.90 Å². The molecule has 1 saturated heterocycles. The topological polar surface area (TPSA) is 53.3 Å². The third-order valence-corrected chi connectivity index (χ3v) is 6.88. The van der Waals surface area contributed by atoms with E-state index in [-0.39, 0.29) is 30.6 Å². The first kappa shape index (κ1) is 26.8. The van der Waals surface area contributed by atoms with Crippen LogP contribution in [0.2, 0.25) is 5.02 Å². The lowest BCUT2D eigenvalue weighted by atomic mass is 9.82. The fourth-order valence-corrected chi connectivity index (χ4v) is 5.30. The molecule has 2 atom stereocenters. The molecule has 0 spiro atoms. The first-order chi connectivity index (χ1) is 17.7. The number of alkyl halides is 1. The summed E-state index contributed by atoms with van der Waals surface area (Å²) in [5.74, 6) is -1.09. The summed E-state index contributed by atoms with van der Waals surface area (Å²) in [7, 11) is 0. The Kier molecular flexibility index (Phi) is 8.26. The van der Waals surface area contributed by atoms with Crippen LogP contribution >= 0.6 is 11.6 Å². The van der Waals surface area contributed by atoms with Crippen molar-refractivity contribution in [3.63, 3.8) is 0 Å². The van der Waals surface area contributed by atoms with Gasteiger partial charge < -0.3 is 4.74 Å². The van der Waals surface area contributed by atoms with Gasteiger partial charge in [0.15, 0.2) is 0 Å². The number of nitrogens with zero attached hydrogens (tertiary/aromatic N) is 2. The highest BCUT2D eigenvalue weighted by atomic mass is 35.5. The van der Waals surface area contributed by atoms with Crippen LogP contribution in [-0.2, 0) is 11.2 Å². The number of likely N-dealkylation sites (tertiary alicyclic amines) is 1. The summed E-state index contributed by atoms with van der Waals surface area (Å²) in [6.07, 6.45) is 0.304. The van der Waals surface area contributed by atoms with Crippen LogP contribution in [0, 0.1) is 23.1 Å². The number of carbonyl (C=O) groups is 1. The summed E-state index contributed by atoms with van der Waals surface area (Å²) in [4.78, 5) is 14.3. The van der Waals surface area contributed by atoms with E-state index in [1.54, 1.807) is 13.0 Å². The molecule has 0 radical (unpaired) electrons. The summed E-state index contributed by atoms with van der Waals surface area (Å²) >= 11 is 6.10. The Hall–Kier alpha value is -3.27. The summed E-state index contributed by atoms with van der Waals surface area (Å²) in [6, 6.07) is 21.2. The largest absolute Gasteiger partial charge is 0.462 e. The summed E-state index contributed by atoms with van der Waals surface area (Å²) in [6.45, 7) is 4.75. The number of halogens is 3. The van der Waals surface area contributed by atoms with Crippen molar-refractivity contribution in [3.05, 3.63) is 105 Å². The molecule has 2 unspecified atom stereocenters. The third kappa shape index (κ3) is 6.74. The molecular weight excluding hydrogens is 494 g/mol. The molecular formula is C30H29ClF2N2O2. The first-order valence-corrected chi connectivity index (χ1v) is 12.7. The van der Waals surface area contributed by atoms with E-state index in [4.69, 9.17) is 16.3 Å². The Bertz CT molecular complexity index is 1300. The zero-order valence-electron chi connectivity index (χ0n) is 20.9. The SMILES string of the molecule is CCOC(=O)c1cc(F)cc(CC(C)(F)CC2CN(C(c3ccc(Cl)cc3)c3cccc(C#N)c3)C2)c1. The normalized spacial score (nSPS) is 16.3. The monoisotopic (exact) mass is 522 g/mol. The van der Waals surface area contributed by atoms with Gasteiger partial charge >= 0.3 is 5.97 Å². The molecule has 37 heavy (non-hydrogen) atoms. The average Bonchev–Trinajstić information content (AvgIpc) is 2.83. The molecule has 1 aliphatic heterocycles. The Morgan fingerprint density at radius 1 is 1.16 bits per heavy atom. The molecule has 7 heteroatoms. The highest BCUT2D eigenvalue weighted by Crippen LogP contribution is 2.39. The van der Waals surface area contributed by atoms with Gasteiger partial charge in [-0.15, -0.1) is 0 Å². The molecule has 3 aromatic rings. The lowest BCUT2D eigenvalue weighted by molar-refractivity contribution is 0.0237. The van der Waals surface area contributed by atoms with E-state index in [1.807, 2.05) is 42.5 Å². The Balaban J connectivity index is 1.46. The average molecular weight is 523 g/mol. The number of benzene rings is 3. The number of esters is 1. The van der Waals surface area contributed by atoms with Gasteiger partial charge in [-0.1, -0.05) is 35.9 Å². The zero-order chi connectivity index (χ0) is 26.6. The highest BCUT2D eigenvalue weighted by molar-refractivity contribution is 6.30. The quantitative estimate of drug-likeness (QED) is 0.286. The third-order valence-electron chi connectivity index (χ3n) is 6.62. The molecule has 0 bridgehead atoms. The molecule has 4 nitrogen and oxygen atoms in total. The van der Waals surface area contributed by atoms with Gasteiger partial charge in [-0.05, 0) is 85.3 Å². The minimum atomic E-state index is -1.58. The number of carbonyl (C=O) groups excluding carboxylic acids is 1. The van der Waals surface area contributed by atoms with E-state index in [0.29, 0.717) is 35.7 Å². The van der Waals surface area contributed by atoms with Gasteiger partial charge in [-0.25, -0.2) is 13.6 Å². The zero-order valence-corrected chi connectivity index (χ0v) is 21.6. The smallest absolute Gasteiger partial charge is 0.338 e. The van der Waals surface area contributed by atoms with Crippen molar-refractivity contribution < 1.29 is 18.3 Å². The van der Waals surface area contributed by atoms with Crippen molar-refractivity contribution in [3.8, 4) is 6.07 Å². The minimum Gasteiger partial charge on any atom is -0.462 e. The maximum atomic E-state index is 15.7. The number of ether oxygens (including phenoxy) is 1. The Morgan fingerprint density at radius 2 is 1.89 bits per heavy atom. The van der Waals surface area contributed by atoms with Crippen LogP contribution in [0.3, 0.4) is 0 Å². The van der Waals surface area contributed by atoms with Gasteiger partial charge in [0, 0.05) is 24.5 Å². The second-order valence-electron chi connectivity index (χ2n) is 9.87. The fraction of sp³-hybridized carbons (Fsp3) is 0.333. The van der Waals surface area contributed by atoms with Crippen LogP contribution in [-0.4, -0.2) is 36.2 Å². The van der Waals surface area contributed by atoms with Crippen molar-refractivity contribution in [2.24, 2.45) is 5.92 Å². The molecule has 0 aromatic heterocycles. The molecule has 1 fully saturated rings. The summed E-state index contributed by atoms with van der Waals surface area (Å²) in [5, 5.41) is 10.0.